The van der Waals surface area contributed by atoms with Crippen LogP contribution in [-0.4, -0.2) is 14.8 Å². The predicted molar refractivity (Wildman–Crippen MR) is 89.5 cm³/mol. The van der Waals surface area contributed by atoms with E-state index in [0.29, 0.717) is 0 Å². The van der Waals surface area contributed by atoms with E-state index in [-0.39, 0.29) is 0 Å². The summed E-state index contributed by atoms with van der Waals surface area (Å²) in [5.74, 6) is 0. The summed E-state index contributed by atoms with van der Waals surface area (Å²) in [7, 11) is 1.92. The molecule has 2 aromatic heterocycles. The van der Waals surface area contributed by atoms with Gasteiger partial charge in [0.05, 0.1) is 17.6 Å². The topological polar surface area (TPSA) is 42.7 Å². The van der Waals surface area contributed by atoms with Crippen LogP contribution in [-0.2, 0) is 13.6 Å². The molecule has 0 aliphatic rings. The maximum Gasteiger partial charge on any atom is 0.157 e. The molecule has 0 fully saturated rings. The Hall–Kier alpha value is -1.88. The van der Waals surface area contributed by atoms with Crippen LogP contribution in [0.4, 0.5) is 5.69 Å². The normalized spacial score (nSPS) is 11.0. The third kappa shape index (κ3) is 2.78. The molecule has 3 aromatic rings. The highest BCUT2D eigenvalue weighted by molar-refractivity contribution is 9.10. The molecule has 5 heteroatoms. The first-order chi connectivity index (χ1) is 10.0. The zero-order chi connectivity index (χ0) is 15.0. The Balaban J connectivity index is 1.83. The lowest BCUT2D eigenvalue weighted by atomic mass is 10.1. The van der Waals surface area contributed by atoms with Gasteiger partial charge < -0.3 is 5.32 Å². The minimum absolute atomic E-state index is 0.757. The fraction of sp³-hybridized carbons (Fsp3) is 0.250. The van der Waals surface area contributed by atoms with Gasteiger partial charge in [0.1, 0.15) is 0 Å². The van der Waals surface area contributed by atoms with Gasteiger partial charge >= 0.3 is 0 Å². The molecule has 2 heterocycles. The monoisotopic (exact) mass is 344 g/mol. The van der Waals surface area contributed by atoms with Gasteiger partial charge in [0.2, 0.25) is 0 Å². The number of aryl methyl sites for hydroxylation is 3. The molecule has 0 amide bonds. The summed E-state index contributed by atoms with van der Waals surface area (Å²) in [6.45, 7) is 4.85. The highest BCUT2D eigenvalue weighted by atomic mass is 79.9. The Bertz CT molecular complexity index is 807. The smallest absolute Gasteiger partial charge is 0.157 e. The van der Waals surface area contributed by atoms with E-state index in [1.807, 2.05) is 24.9 Å². The van der Waals surface area contributed by atoms with Gasteiger partial charge in [0.25, 0.3) is 0 Å². The van der Waals surface area contributed by atoms with Crippen molar-refractivity contribution in [1.82, 2.24) is 14.8 Å². The van der Waals surface area contributed by atoms with Gasteiger partial charge in [-0.3, -0.25) is 4.68 Å². The molecule has 0 atom stereocenters. The van der Waals surface area contributed by atoms with Crippen LogP contribution >= 0.6 is 15.9 Å². The molecule has 1 aromatic carbocycles. The number of hydrogen-bond donors (Lipinski definition) is 1. The summed E-state index contributed by atoms with van der Waals surface area (Å²) < 4.78 is 2.94. The second-order valence-electron chi connectivity index (χ2n) is 5.25. The van der Waals surface area contributed by atoms with Crippen molar-refractivity contribution in [2.75, 3.05) is 5.32 Å². The third-order valence-corrected chi connectivity index (χ3v) is 4.29. The summed E-state index contributed by atoms with van der Waals surface area (Å²) in [4.78, 5) is 4.48. The molecule has 0 radical (unpaired) electrons. The first kappa shape index (κ1) is 14.1. The van der Waals surface area contributed by atoms with E-state index in [1.54, 1.807) is 0 Å². The molecule has 0 unspecified atom stereocenters. The van der Waals surface area contributed by atoms with E-state index in [9.17, 15) is 0 Å². The SMILES string of the molecule is Cc1ccc(CNc2cnc3c(c2)c(C)nn3C)c(Br)c1. The van der Waals surface area contributed by atoms with Gasteiger partial charge in [-0.25, -0.2) is 4.98 Å². The second kappa shape index (κ2) is 5.48. The highest BCUT2D eigenvalue weighted by Gasteiger charge is 2.07. The van der Waals surface area contributed by atoms with Gasteiger partial charge in [-0.2, -0.15) is 5.10 Å². The standard InChI is InChI=1S/C16H17BrN4/c1-10-4-5-12(15(17)6-10)8-18-13-7-14-11(2)20-21(3)16(14)19-9-13/h4-7,9,18H,8H2,1-3H3. The van der Waals surface area contributed by atoms with E-state index < -0.39 is 0 Å². The van der Waals surface area contributed by atoms with Crippen molar-refractivity contribution >= 4 is 32.7 Å². The third-order valence-electron chi connectivity index (χ3n) is 3.55. The van der Waals surface area contributed by atoms with Gasteiger partial charge in [-0.05, 0) is 37.1 Å². The molecule has 0 saturated heterocycles. The minimum atomic E-state index is 0.757. The van der Waals surface area contributed by atoms with Crippen molar-refractivity contribution in [3.63, 3.8) is 0 Å². The molecule has 0 bridgehead atoms. The summed E-state index contributed by atoms with van der Waals surface area (Å²) >= 11 is 3.61. The fourth-order valence-electron chi connectivity index (χ4n) is 2.40. The molecule has 108 valence electrons. The predicted octanol–water partition coefficient (Wildman–Crippen LogP) is 3.96. The van der Waals surface area contributed by atoms with Crippen molar-refractivity contribution in [3.05, 3.63) is 51.8 Å². The first-order valence-corrected chi connectivity index (χ1v) is 7.62. The Kier molecular flexibility index (Phi) is 3.68. The molecule has 0 spiro atoms. The Morgan fingerprint density at radius 2 is 2.05 bits per heavy atom. The number of nitrogens with one attached hydrogen (secondary N) is 1. The number of hydrogen-bond acceptors (Lipinski definition) is 3. The van der Waals surface area contributed by atoms with Crippen LogP contribution in [0.2, 0.25) is 0 Å². The summed E-state index contributed by atoms with van der Waals surface area (Å²) in [6, 6.07) is 8.48. The van der Waals surface area contributed by atoms with Crippen LogP contribution in [0.5, 0.6) is 0 Å². The maximum atomic E-state index is 4.48. The molecule has 0 aliphatic heterocycles. The van der Waals surface area contributed by atoms with Gasteiger partial charge in [-0.1, -0.05) is 28.1 Å². The molecule has 0 aliphatic carbocycles. The van der Waals surface area contributed by atoms with E-state index in [0.717, 1.165) is 33.4 Å². The van der Waals surface area contributed by atoms with E-state index in [4.69, 9.17) is 0 Å². The lowest BCUT2D eigenvalue weighted by molar-refractivity contribution is 0.774. The van der Waals surface area contributed by atoms with Crippen molar-refractivity contribution in [3.8, 4) is 0 Å². The molecule has 0 saturated carbocycles. The van der Waals surface area contributed by atoms with Crippen molar-refractivity contribution in [2.45, 2.75) is 20.4 Å². The van der Waals surface area contributed by atoms with Crippen LogP contribution in [0.25, 0.3) is 11.0 Å². The largest absolute Gasteiger partial charge is 0.380 e. The number of fused-ring (bicyclic) bond motifs is 1. The van der Waals surface area contributed by atoms with Crippen molar-refractivity contribution in [1.29, 1.82) is 0 Å². The number of aromatic nitrogens is 3. The minimum Gasteiger partial charge on any atom is -0.380 e. The highest BCUT2D eigenvalue weighted by Crippen LogP contribution is 2.22. The van der Waals surface area contributed by atoms with E-state index in [2.05, 4.69) is 62.5 Å². The van der Waals surface area contributed by atoms with Crippen molar-refractivity contribution < 1.29 is 0 Å². The first-order valence-electron chi connectivity index (χ1n) is 6.83. The van der Waals surface area contributed by atoms with Crippen LogP contribution in [0.15, 0.2) is 34.9 Å². The number of anilines is 1. The van der Waals surface area contributed by atoms with Gasteiger partial charge in [0, 0.05) is 23.5 Å². The molecular weight excluding hydrogens is 328 g/mol. The number of benzene rings is 1. The van der Waals surface area contributed by atoms with Crippen LogP contribution in [0.3, 0.4) is 0 Å². The quantitative estimate of drug-likeness (QED) is 0.781. The van der Waals surface area contributed by atoms with Crippen LogP contribution in [0.1, 0.15) is 16.8 Å². The van der Waals surface area contributed by atoms with Crippen LogP contribution in [0, 0.1) is 13.8 Å². The maximum absolute atomic E-state index is 4.48. The van der Waals surface area contributed by atoms with E-state index >= 15 is 0 Å². The Morgan fingerprint density at radius 3 is 2.81 bits per heavy atom. The number of pyridine rings is 1. The summed E-state index contributed by atoms with van der Waals surface area (Å²) in [5.41, 5.74) is 5.39. The Labute approximate surface area is 132 Å². The lowest BCUT2D eigenvalue weighted by Gasteiger charge is -2.09. The van der Waals surface area contributed by atoms with Gasteiger partial charge in [0.15, 0.2) is 5.65 Å². The number of nitrogens with zero attached hydrogens (tertiary/aromatic N) is 3. The number of rotatable bonds is 3. The average molecular weight is 345 g/mol. The molecule has 4 nitrogen and oxygen atoms in total. The fourth-order valence-corrected chi connectivity index (χ4v) is 3.03. The molecular formula is C16H17BrN4. The molecule has 3 rings (SSSR count). The van der Waals surface area contributed by atoms with Crippen molar-refractivity contribution in [2.24, 2.45) is 7.05 Å². The Morgan fingerprint density at radius 1 is 1.24 bits per heavy atom. The number of halogens is 1. The van der Waals surface area contributed by atoms with Gasteiger partial charge in [-0.15, -0.1) is 0 Å². The summed E-state index contributed by atoms with van der Waals surface area (Å²) in [5, 5.41) is 8.90. The zero-order valence-electron chi connectivity index (χ0n) is 12.3. The lowest BCUT2D eigenvalue weighted by Crippen LogP contribution is -2.01. The zero-order valence-corrected chi connectivity index (χ0v) is 13.9. The van der Waals surface area contributed by atoms with E-state index in [1.165, 1.54) is 11.1 Å². The molecule has 21 heavy (non-hydrogen) atoms. The average Bonchev–Trinajstić information content (AvgIpc) is 2.73. The second-order valence-corrected chi connectivity index (χ2v) is 6.11. The summed E-state index contributed by atoms with van der Waals surface area (Å²) in [6.07, 6.45) is 1.85. The van der Waals surface area contributed by atoms with Crippen LogP contribution < -0.4 is 5.32 Å². The molecule has 1 N–H and O–H groups in total.